The molecule has 0 bridgehead atoms. The van der Waals surface area contributed by atoms with Crippen molar-refractivity contribution >= 4 is 46.1 Å². The molecule has 1 rings (SSSR count). The van der Waals surface area contributed by atoms with Gasteiger partial charge in [0.15, 0.2) is 10.2 Å². The van der Waals surface area contributed by atoms with Gasteiger partial charge in [-0.25, -0.2) is 0 Å². The SMILES string of the molecule is CCNC(=S)NN=C(C(C)=NNC(=S)NCC(F)(F)F)c1ccc(OC)cc1. The Kier molecular flexibility index (Phi) is 9.59. The molecule has 28 heavy (non-hydrogen) atoms. The zero-order valence-electron chi connectivity index (χ0n) is 15.5. The zero-order valence-corrected chi connectivity index (χ0v) is 17.1. The third-order valence-electron chi connectivity index (χ3n) is 3.09. The Morgan fingerprint density at radius 3 is 2.14 bits per heavy atom. The monoisotopic (exact) mass is 434 g/mol. The predicted octanol–water partition coefficient (Wildman–Crippen LogP) is 2.29. The third kappa shape index (κ3) is 8.95. The van der Waals surface area contributed by atoms with Crippen molar-refractivity contribution in [2.45, 2.75) is 20.0 Å². The molecule has 0 spiro atoms. The van der Waals surface area contributed by atoms with Crippen LogP contribution in [0.5, 0.6) is 5.75 Å². The number of alkyl halides is 3. The van der Waals surface area contributed by atoms with E-state index in [4.69, 9.17) is 29.2 Å². The second-order valence-corrected chi connectivity index (χ2v) is 6.08. The topological polar surface area (TPSA) is 82.1 Å². The van der Waals surface area contributed by atoms with Gasteiger partial charge in [0, 0.05) is 12.1 Å². The summed E-state index contributed by atoms with van der Waals surface area (Å²) in [6, 6.07) is 7.00. The number of halogens is 3. The number of hydrogen-bond acceptors (Lipinski definition) is 5. The van der Waals surface area contributed by atoms with Crippen LogP contribution in [0.2, 0.25) is 0 Å². The van der Waals surface area contributed by atoms with Crippen LogP contribution in [-0.2, 0) is 0 Å². The molecule has 1 aromatic rings. The fourth-order valence-electron chi connectivity index (χ4n) is 1.82. The van der Waals surface area contributed by atoms with Crippen LogP contribution in [0.3, 0.4) is 0 Å². The first-order valence-corrected chi connectivity index (χ1v) is 8.89. The van der Waals surface area contributed by atoms with Gasteiger partial charge in [-0.1, -0.05) is 0 Å². The van der Waals surface area contributed by atoms with E-state index in [1.807, 2.05) is 12.2 Å². The molecule has 154 valence electrons. The maximum atomic E-state index is 12.2. The van der Waals surface area contributed by atoms with Gasteiger partial charge < -0.3 is 15.4 Å². The molecule has 0 amide bonds. The molecule has 7 nitrogen and oxygen atoms in total. The quantitative estimate of drug-likeness (QED) is 0.298. The van der Waals surface area contributed by atoms with E-state index in [0.717, 1.165) is 0 Å². The minimum Gasteiger partial charge on any atom is -0.497 e. The van der Waals surface area contributed by atoms with E-state index < -0.39 is 12.7 Å². The summed E-state index contributed by atoms with van der Waals surface area (Å²) in [5.41, 5.74) is 6.53. The average Bonchev–Trinajstić information content (AvgIpc) is 2.65. The van der Waals surface area contributed by atoms with E-state index in [-0.39, 0.29) is 5.11 Å². The van der Waals surface area contributed by atoms with Crippen LogP contribution in [0, 0.1) is 0 Å². The smallest absolute Gasteiger partial charge is 0.405 e. The minimum atomic E-state index is -4.38. The summed E-state index contributed by atoms with van der Waals surface area (Å²) >= 11 is 9.87. The highest BCUT2D eigenvalue weighted by Crippen LogP contribution is 2.13. The number of ether oxygens (including phenoxy) is 1. The lowest BCUT2D eigenvalue weighted by molar-refractivity contribution is -0.122. The van der Waals surface area contributed by atoms with Gasteiger partial charge in [0.1, 0.15) is 18.0 Å². The van der Waals surface area contributed by atoms with E-state index in [1.54, 1.807) is 38.3 Å². The number of nitrogens with one attached hydrogen (secondary N) is 4. The van der Waals surface area contributed by atoms with Crippen molar-refractivity contribution in [1.29, 1.82) is 0 Å². The maximum absolute atomic E-state index is 12.2. The fraction of sp³-hybridized carbons (Fsp3) is 0.375. The number of nitrogens with zero attached hydrogens (tertiary/aromatic N) is 2. The van der Waals surface area contributed by atoms with E-state index in [1.165, 1.54) is 0 Å². The molecule has 0 unspecified atom stereocenters. The zero-order chi connectivity index (χ0) is 21.2. The molecule has 12 heteroatoms. The molecule has 0 aliphatic heterocycles. The molecular weight excluding hydrogens is 413 g/mol. The lowest BCUT2D eigenvalue weighted by atomic mass is 10.1. The summed E-state index contributed by atoms with van der Waals surface area (Å²) in [5.74, 6) is 0.657. The molecule has 1 aromatic carbocycles. The van der Waals surface area contributed by atoms with E-state index >= 15 is 0 Å². The van der Waals surface area contributed by atoms with Gasteiger partial charge in [-0.15, -0.1) is 0 Å². The summed E-state index contributed by atoms with van der Waals surface area (Å²) in [7, 11) is 1.55. The fourth-order valence-corrected chi connectivity index (χ4v) is 2.13. The molecule has 0 saturated heterocycles. The summed E-state index contributed by atoms with van der Waals surface area (Å²) < 4.78 is 41.8. The van der Waals surface area contributed by atoms with Crippen molar-refractivity contribution in [3.8, 4) is 5.75 Å². The van der Waals surface area contributed by atoms with Gasteiger partial charge >= 0.3 is 6.18 Å². The van der Waals surface area contributed by atoms with Gasteiger partial charge in [0.2, 0.25) is 0 Å². The molecule has 0 heterocycles. The van der Waals surface area contributed by atoms with Crippen molar-refractivity contribution in [2.75, 3.05) is 20.2 Å². The minimum absolute atomic E-state index is 0.262. The number of hydrogen-bond donors (Lipinski definition) is 4. The standard InChI is InChI=1S/C16H21F3N6OS2/c1-4-20-14(27)25-23-13(11-5-7-12(26-3)8-6-11)10(2)22-24-15(28)21-9-16(17,18)19/h5-8H,4,9H2,1-3H3,(H2,20,25,27)(H2,21,24,28). The van der Waals surface area contributed by atoms with Crippen LogP contribution in [0.1, 0.15) is 19.4 Å². The Morgan fingerprint density at radius 2 is 1.61 bits per heavy atom. The maximum Gasteiger partial charge on any atom is 0.405 e. The Bertz CT molecular complexity index is 735. The van der Waals surface area contributed by atoms with Crippen LogP contribution in [0.15, 0.2) is 34.5 Å². The molecule has 0 fully saturated rings. The summed E-state index contributed by atoms with van der Waals surface area (Å²) in [5, 5.41) is 13.2. The third-order valence-corrected chi connectivity index (χ3v) is 3.56. The van der Waals surface area contributed by atoms with Crippen molar-refractivity contribution < 1.29 is 17.9 Å². The molecule has 0 aliphatic carbocycles. The lowest BCUT2D eigenvalue weighted by Gasteiger charge is -2.12. The normalized spacial score (nSPS) is 12.2. The molecular formula is C16H21F3N6OS2. The van der Waals surface area contributed by atoms with Crippen LogP contribution in [0.4, 0.5) is 13.2 Å². The van der Waals surface area contributed by atoms with Gasteiger partial charge in [-0.05, 0) is 62.5 Å². The van der Waals surface area contributed by atoms with Gasteiger partial charge in [0.05, 0.1) is 12.8 Å². The Balaban J connectivity index is 2.97. The van der Waals surface area contributed by atoms with Crippen molar-refractivity contribution in [2.24, 2.45) is 10.2 Å². The second kappa shape index (κ2) is 11.4. The summed E-state index contributed by atoms with van der Waals surface area (Å²) in [6.07, 6.45) is -4.38. The van der Waals surface area contributed by atoms with Gasteiger partial charge in [-0.2, -0.15) is 23.4 Å². The second-order valence-electron chi connectivity index (χ2n) is 5.27. The van der Waals surface area contributed by atoms with E-state index in [9.17, 15) is 13.2 Å². The number of methoxy groups -OCH3 is 1. The largest absolute Gasteiger partial charge is 0.497 e. The van der Waals surface area contributed by atoms with Crippen LogP contribution < -0.4 is 26.2 Å². The number of thiocarbonyl (C=S) groups is 2. The molecule has 4 N–H and O–H groups in total. The van der Waals surface area contributed by atoms with Crippen LogP contribution in [-0.4, -0.2) is 48.0 Å². The molecule has 0 aliphatic rings. The van der Waals surface area contributed by atoms with Crippen molar-refractivity contribution in [3.63, 3.8) is 0 Å². The van der Waals surface area contributed by atoms with Crippen LogP contribution >= 0.6 is 24.4 Å². The predicted molar refractivity (Wildman–Crippen MR) is 112 cm³/mol. The number of hydrazone groups is 2. The highest BCUT2D eigenvalue weighted by Gasteiger charge is 2.26. The van der Waals surface area contributed by atoms with E-state index in [2.05, 4.69) is 26.4 Å². The highest BCUT2D eigenvalue weighted by atomic mass is 32.1. The molecule has 0 aromatic heterocycles. The molecule has 0 radical (unpaired) electrons. The Morgan fingerprint density at radius 1 is 1.04 bits per heavy atom. The lowest BCUT2D eigenvalue weighted by Crippen LogP contribution is -2.39. The first-order chi connectivity index (χ1) is 13.2. The van der Waals surface area contributed by atoms with Gasteiger partial charge in [-0.3, -0.25) is 10.9 Å². The molecule has 0 saturated carbocycles. The van der Waals surface area contributed by atoms with Gasteiger partial charge in [0.25, 0.3) is 0 Å². The Hall–Kier alpha value is -2.47. The summed E-state index contributed by atoms with van der Waals surface area (Å²) in [6.45, 7) is 2.87. The van der Waals surface area contributed by atoms with E-state index in [0.29, 0.717) is 34.4 Å². The first kappa shape index (κ1) is 23.6. The van der Waals surface area contributed by atoms with Crippen molar-refractivity contribution in [1.82, 2.24) is 21.5 Å². The van der Waals surface area contributed by atoms with Crippen LogP contribution in [0.25, 0.3) is 0 Å². The molecule has 0 atom stereocenters. The number of rotatable bonds is 7. The number of benzene rings is 1. The first-order valence-electron chi connectivity index (χ1n) is 8.07. The Labute approximate surface area is 171 Å². The van der Waals surface area contributed by atoms with Crippen molar-refractivity contribution in [3.05, 3.63) is 29.8 Å². The highest BCUT2D eigenvalue weighted by molar-refractivity contribution is 7.80. The average molecular weight is 435 g/mol. The summed E-state index contributed by atoms with van der Waals surface area (Å²) in [4.78, 5) is 0.